The summed E-state index contributed by atoms with van der Waals surface area (Å²) in [6.07, 6.45) is 1.25. The lowest BCUT2D eigenvalue weighted by Crippen LogP contribution is -2.42. The van der Waals surface area contributed by atoms with E-state index in [-0.39, 0.29) is 0 Å². The Hall–Kier alpha value is -0.860. The summed E-state index contributed by atoms with van der Waals surface area (Å²) in [6.45, 7) is 11.4. The molecule has 0 aliphatic carbocycles. The third-order valence-electron chi connectivity index (χ3n) is 3.79. The Kier molecular flexibility index (Phi) is 4.79. The zero-order valence-electron chi connectivity index (χ0n) is 11.9. The van der Waals surface area contributed by atoms with Crippen molar-refractivity contribution < 1.29 is 0 Å². The van der Waals surface area contributed by atoms with Crippen molar-refractivity contribution in [1.82, 2.24) is 10.2 Å². The molecule has 1 saturated heterocycles. The fraction of sp³-hybridized carbons (Fsp3) is 0.625. The molecule has 1 heterocycles. The first-order chi connectivity index (χ1) is 8.63. The van der Waals surface area contributed by atoms with Crippen LogP contribution < -0.4 is 5.32 Å². The van der Waals surface area contributed by atoms with Gasteiger partial charge in [0.25, 0.3) is 0 Å². The van der Waals surface area contributed by atoms with Gasteiger partial charge in [0, 0.05) is 19.1 Å². The van der Waals surface area contributed by atoms with Gasteiger partial charge in [-0.2, -0.15) is 0 Å². The standard InChI is InChI=1S/C16H26N2/c1-13-4-6-16(7-5-13)12-18-9-8-15(3)17-10-14(2)11-18/h4-7,14-15,17H,8-12H2,1-3H3. The molecule has 0 radical (unpaired) electrons. The summed E-state index contributed by atoms with van der Waals surface area (Å²) in [5.74, 6) is 0.734. The second kappa shape index (κ2) is 6.35. The predicted molar refractivity (Wildman–Crippen MR) is 77.7 cm³/mol. The van der Waals surface area contributed by atoms with E-state index in [0.717, 1.165) is 19.0 Å². The number of aryl methyl sites for hydroxylation is 1. The quantitative estimate of drug-likeness (QED) is 0.863. The van der Waals surface area contributed by atoms with Crippen LogP contribution in [0.25, 0.3) is 0 Å². The van der Waals surface area contributed by atoms with E-state index < -0.39 is 0 Å². The summed E-state index contributed by atoms with van der Waals surface area (Å²) in [4.78, 5) is 2.60. The Bertz CT molecular complexity index is 358. The van der Waals surface area contributed by atoms with Gasteiger partial charge in [-0.1, -0.05) is 36.8 Å². The van der Waals surface area contributed by atoms with Crippen molar-refractivity contribution in [2.45, 2.75) is 39.8 Å². The number of nitrogens with zero attached hydrogens (tertiary/aromatic N) is 1. The zero-order chi connectivity index (χ0) is 13.0. The van der Waals surface area contributed by atoms with Crippen LogP contribution in [0.15, 0.2) is 24.3 Å². The fourth-order valence-electron chi connectivity index (χ4n) is 2.57. The van der Waals surface area contributed by atoms with Crippen LogP contribution in [0.2, 0.25) is 0 Å². The van der Waals surface area contributed by atoms with Crippen molar-refractivity contribution in [3.63, 3.8) is 0 Å². The highest BCUT2D eigenvalue weighted by atomic mass is 15.1. The van der Waals surface area contributed by atoms with Crippen molar-refractivity contribution >= 4 is 0 Å². The minimum Gasteiger partial charge on any atom is -0.314 e. The average Bonchev–Trinajstić information content (AvgIpc) is 2.34. The summed E-state index contributed by atoms with van der Waals surface area (Å²) in [7, 11) is 0. The van der Waals surface area contributed by atoms with Crippen LogP contribution >= 0.6 is 0 Å². The fourth-order valence-corrected chi connectivity index (χ4v) is 2.57. The van der Waals surface area contributed by atoms with Gasteiger partial charge < -0.3 is 5.32 Å². The van der Waals surface area contributed by atoms with E-state index in [0.29, 0.717) is 6.04 Å². The molecule has 1 aromatic carbocycles. The highest BCUT2D eigenvalue weighted by molar-refractivity contribution is 5.21. The van der Waals surface area contributed by atoms with E-state index in [2.05, 4.69) is 55.3 Å². The van der Waals surface area contributed by atoms with Gasteiger partial charge in [-0.15, -0.1) is 0 Å². The maximum absolute atomic E-state index is 3.60. The largest absolute Gasteiger partial charge is 0.314 e. The molecule has 1 fully saturated rings. The minimum atomic E-state index is 0.647. The van der Waals surface area contributed by atoms with Gasteiger partial charge in [-0.05, 0) is 44.8 Å². The molecule has 2 nitrogen and oxygen atoms in total. The number of hydrogen-bond donors (Lipinski definition) is 1. The Morgan fingerprint density at radius 2 is 1.94 bits per heavy atom. The van der Waals surface area contributed by atoms with Crippen LogP contribution in [0.1, 0.15) is 31.4 Å². The summed E-state index contributed by atoms with van der Waals surface area (Å²) >= 11 is 0. The third-order valence-corrected chi connectivity index (χ3v) is 3.79. The van der Waals surface area contributed by atoms with E-state index in [9.17, 15) is 0 Å². The normalized spacial score (nSPS) is 26.6. The molecule has 2 heteroatoms. The first-order valence-corrected chi connectivity index (χ1v) is 7.15. The van der Waals surface area contributed by atoms with E-state index in [1.54, 1.807) is 0 Å². The van der Waals surface area contributed by atoms with E-state index in [1.165, 1.54) is 30.6 Å². The van der Waals surface area contributed by atoms with Crippen LogP contribution in [-0.4, -0.2) is 30.6 Å². The van der Waals surface area contributed by atoms with Crippen LogP contribution in [0.4, 0.5) is 0 Å². The molecule has 0 bridgehead atoms. The molecule has 100 valence electrons. The van der Waals surface area contributed by atoms with Crippen LogP contribution in [-0.2, 0) is 6.54 Å². The van der Waals surface area contributed by atoms with E-state index in [1.807, 2.05) is 0 Å². The first-order valence-electron chi connectivity index (χ1n) is 7.15. The molecule has 0 spiro atoms. The van der Waals surface area contributed by atoms with E-state index >= 15 is 0 Å². The third kappa shape index (κ3) is 4.11. The first kappa shape index (κ1) is 13.6. The molecular formula is C16H26N2. The number of nitrogens with one attached hydrogen (secondary N) is 1. The summed E-state index contributed by atoms with van der Waals surface area (Å²) in [6, 6.07) is 9.61. The highest BCUT2D eigenvalue weighted by Crippen LogP contribution is 2.12. The molecule has 0 aromatic heterocycles. The van der Waals surface area contributed by atoms with Crippen molar-refractivity contribution in [2.24, 2.45) is 5.92 Å². The van der Waals surface area contributed by atoms with Gasteiger partial charge in [0.05, 0.1) is 0 Å². The average molecular weight is 246 g/mol. The summed E-state index contributed by atoms with van der Waals surface area (Å²) < 4.78 is 0. The molecule has 18 heavy (non-hydrogen) atoms. The Labute approximate surface area is 111 Å². The van der Waals surface area contributed by atoms with Crippen LogP contribution in [0.5, 0.6) is 0 Å². The van der Waals surface area contributed by atoms with Crippen LogP contribution in [0.3, 0.4) is 0 Å². The highest BCUT2D eigenvalue weighted by Gasteiger charge is 2.16. The lowest BCUT2D eigenvalue weighted by molar-refractivity contribution is 0.195. The lowest BCUT2D eigenvalue weighted by atomic mass is 10.1. The predicted octanol–water partition coefficient (Wildman–Crippen LogP) is 2.81. The SMILES string of the molecule is Cc1ccc(CN2CCC(C)NCC(C)C2)cc1. The lowest BCUT2D eigenvalue weighted by Gasteiger charge is -2.31. The molecular weight excluding hydrogens is 220 g/mol. The molecule has 0 saturated carbocycles. The van der Waals surface area contributed by atoms with Crippen molar-refractivity contribution in [3.05, 3.63) is 35.4 Å². The molecule has 1 aliphatic heterocycles. The van der Waals surface area contributed by atoms with E-state index in [4.69, 9.17) is 0 Å². The molecule has 1 aromatic rings. The van der Waals surface area contributed by atoms with Gasteiger partial charge in [-0.25, -0.2) is 0 Å². The smallest absolute Gasteiger partial charge is 0.0233 e. The van der Waals surface area contributed by atoms with Gasteiger partial charge in [-0.3, -0.25) is 4.90 Å². The Morgan fingerprint density at radius 1 is 1.22 bits per heavy atom. The maximum Gasteiger partial charge on any atom is 0.0233 e. The topological polar surface area (TPSA) is 15.3 Å². The Morgan fingerprint density at radius 3 is 2.67 bits per heavy atom. The minimum absolute atomic E-state index is 0.647. The number of benzene rings is 1. The second-order valence-corrected chi connectivity index (χ2v) is 5.92. The molecule has 2 rings (SSSR count). The van der Waals surface area contributed by atoms with Gasteiger partial charge >= 0.3 is 0 Å². The van der Waals surface area contributed by atoms with Gasteiger partial charge in [0.1, 0.15) is 0 Å². The maximum atomic E-state index is 3.60. The van der Waals surface area contributed by atoms with Crippen molar-refractivity contribution in [2.75, 3.05) is 19.6 Å². The molecule has 2 atom stereocenters. The Balaban J connectivity index is 1.95. The number of rotatable bonds is 2. The summed E-state index contributed by atoms with van der Waals surface area (Å²) in [5, 5.41) is 3.60. The zero-order valence-corrected chi connectivity index (χ0v) is 11.9. The summed E-state index contributed by atoms with van der Waals surface area (Å²) in [5.41, 5.74) is 2.78. The van der Waals surface area contributed by atoms with Crippen molar-refractivity contribution in [3.8, 4) is 0 Å². The number of hydrogen-bond acceptors (Lipinski definition) is 2. The molecule has 1 aliphatic rings. The van der Waals surface area contributed by atoms with Gasteiger partial charge in [0.2, 0.25) is 0 Å². The second-order valence-electron chi connectivity index (χ2n) is 5.92. The molecule has 2 unspecified atom stereocenters. The molecule has 0 amide bonds. The monoisotopic (exact) mass is 246 g/mol. The van der Waals surface area contributed by atoms with Gasteiger partial charge in [0.15, 0.2) is 0 Å². The van der Waals surface area contributed by atoms with Crippen molar-refractivity contribution in [1.29, 1.82) is 0 Å². The molecule has 1 N–H and O–H groups in total. The van der Waals surface area contributed by atoms with Crippen LogP contribution in [0, 0.1) is 12.8 Å².